The van der Waals surface area contributed by atoms with Gasteiger partial charge in [-0.3, -0.25) is 9.69 Å². The van der Waals surface area contributed by atoms with E-state index in [1.165, 1.54) is 4.90 Å². The predicted molar refractivity (Wildman–Crippen MR) is 114 cm³/mol. The van der Waals surface area contributed by atoms with Crippen LogP contribution in [0.3, 0.4) is 0 Å². The van der Waals surface area contributed by atoms with Crippen LogP contribution in [0.15, 0.2) is 24.3 Å². The molecule has 0 unspecified atom stereocenters. The molecule has 0 spiro atoms. The van der Waals surface area contributed by atoms with Crippen molar-refractivity contribution in [3.63, 3.8) is 0 Å². The summed E-state index contributed by atoms with van der Waals surface area (Å²) in [6, 6.07) is 8.67. The molecular formula is C22H29ClN4O3. The highest BCUT2D eigenvalue weighted by molar-refractivity contribution is 6.30. The van der Waals surface area contributed by atoms with Crippen LogP contribution < -0.4 is 5.32 Å². The zero-order valence-corrected chi connectivity index (χ0v) is 18.5. The Morgan fingerprint density at radius 1 is 1.27 bits per heavy atom. The van der Waals surface area contributed by atoms with Crippen molar-refractivity contribution >= 4 is 23.6 Å². The summed E-state index contributed by atoms with van der Waals surface area (Å²) in [6.45, 7) is 6.96. The number of amides is 2. The van der Waals surface area contributed by atoms with E-state index in [1.54, 1.807) is 25.7 Å². The van der Waals surface area contributed by atoms with Gasteiger partial charge in [-0.2, -0.15) is 5.26 Å². The van der Waals surface area contributed by atoms with Crippen molar-refractivity contribution in [2.75, 3.05) is 13.1 Å². The Balaban J connectivity index is 1.72. The monoisotopic (exact) mass is 432 g/mol. The molecule has 2 aliphatic rings. The van der Waals surface area contributed by atoms with Gasteiger partial charge in [-0.15, -0.1) is 0 Å². The Morgan fingerprint density at radius 2 is 1.97 bits per heavy atom. The summed E-state index contributed by atoms with van der Waals surface area (Å²) in [7, 11) is 0. The fraction of sp³-hybridized carbons (Fsp3) is 0.591. The molecule has 7 nitrogen and oxygen atoms in total. The first-order valence-corrected chi connectivity index (χ1v) is 10.7. The molecule has 1 aromatic rings. The molecule has 0 aromatic heterocycles. The van der Waals surface area contributed by atoms with Crippen LogP contribution in [0.1, 0.15) is 45.6 Å². The van der Waals surface area contributed by atoms with E-state index in [-0.39, 0.29) is 11.9 Å². The van der Waals surface area contributed by atoms with Crippen LogP contribution in [0.2, 0.25) is 5.02 Å². The van der Waals surface area contributed by atoms with Gasteiger partial charge in [-0.25, -0.2) is 4.79 Å². The minimum Gasteiger partial charge on any atom is -0.444 e. The summed E-state index contributed by atoms with van der Waals surface area (Å²) in [6.07, 6.45) is 1.48. The van der Waals surface area contributed by atoms with Gasteiger partial charge in [0, 0.05) is 30.7 Å². The number of nitrogens with zero attached hydrogens (tertiary/aromatic N) is 3. The van der Waals surface area contributed by atoms with Crippen molar-refractivity contribution in [1.82, 2.24) is 15.1 Å². The molecule has 0 aliphatic carbocycles. The van der Waals surface area contributed by atoms with Gasteiger partial charge in [0.05, 0.1) is 6.07 Å². The first-order valence-electron chi connectivity index (χ1n) is 10.4. The smallest absolute Gasteiger partial charge is 0.411 e. The maximum atomic E-state index is 13.2. The van der Waals surface area contributed by atoms with Crippen molar-refractivity contribution in [2.24, 2.45) is 0 Å². The largest absolute Gasteiger partial charge is 0.444 e. The zero-order valence-electron chi connectivity index (χ0n) is 17.7. The number of hydrogen-bond acceptors (Lipinski definition) is 5. The Labute approximate surface area is 182 Å². The average molecular weight is 433 g/mol. The van der Waals surface area contributed by atoms with E-state index in [0.29, 0.717) is 37.5 Å². The highest BCUT2D eigenvalue weighted by Gasteiger charge is 2.44. The van der Waals surface area contributed by atoms with E-state index in [9.17, 15) is 14.9 Å². The van der Waals surface area contributed by atoms with Crippen LogP contribution in [0, 0.1) is 11.3 Å². The second kappa shape index (κ2) is 9.23. The molecule has 0 radical (unpaired) electrons. The van der Waals surface area contributed by atoms with Crippen LogP contribution >= 0.6 is 11.6 Å². The van der Waals surface area contributed by atoms with Gasteiger partial charge in [0.2, 0.25) is 5.91 Å². The van der Waals surface area contributed by atoms with Crippen LogP contribution in [-0.2, 0) is 16.1 Å². The van der Waals surface area contributed by atoms with E-state index in [4.69, 9.17) is 16.3 Å². The minimum atomic E-state index is -0.650. The quantitative estimate of drug-likeness (QED) is 0.788. The lowest BCUT2D eigenvalue weighted by Crippen LogP contribution is -2.50. The van der Waals surface area contributed by atoms with Crippen LogP contribution in [0.5, 0.6) is 0 Å². The third-order valence-electron chi connectivity index (χ3n) is 5.41. The first-order chi connectivity index (χ1) is 14.2. The molecule has 30 heavy (non-hydrogen) atoms. The van der Waals surface area contributed by atoms with Gasteiger partial charge >= 0.3 is 6.09 Å². The van der Waals surface area contributed by atoms with E-state index in [2.05, 4.69) is 11.4 Å². The maximum Gasteiger partial charge on any atom is 0.411 e. The number of halogens is 1. The number of benzene rings is 1. The molecule has 0 bridgehead atoms. The predicted octanol–water partition coefficient (Wildman–Crippen LogP) is 3.32. The van der Waals surface area contributed by atoms with Crippen molar-refractivity contribution in [1.29, 1.82) is 5.26 Å². The molecule has 1 aromatic carbocycles. The van der Waals surface area contributed by atoms with Crippen molar-refractivity contribution in [3.05, 3.63) is 34.9 Å². The zero-order chi connectivity index (χ0) is 21.9. The molecule has 2 heterocycles. The Hall–Kier alpha value is -2.30. The molecule has 2 amide bonds. The molecule has 2 saturated heterocycles. The van der Waals surface area contributed by atoms with E-state index in [1.807, 2.05) is 24.3 Å². The Bertz CT molecular complexity index is 815. The highest BCUT2D eigenvalue weighted by atomic mass is 35.5. The summed E-state index contributed by atoms with van der Waals surface area (Å²) >= 11 is 5.94. The van der Waals surface area contributed by atoms with Gasteiger partial charge in [-0.05, 0) is 57.7 Å². The summed E-state index contributed by atoms with van der Waals surface area (Å²) in [4.78, 5) is 29.2. The number of rotatable bonds is 4. The van der Waals surface area contributed by atoms with Crippen LogP contribution in [0.4, 0.5) is 4.79 Å². The Morgan fingerprint density at radius 3 is 2.60 bits per heavy atom. The second-order valence-electron chi connectivity index (χ2n) is 8.91. The third kappa shape index (κ3) is 5.44. The Kier molecular flexibility index (Phi) is 6.89. The molecule has 3 atom stereocenters. The highest BCUT2D eigenvalue weighted by Crippen LogP contribution is 2.27. The van der Waals surface area contributed by atoms with E-state index < -0.39 is 23.8 Å². The third-order valence-corrected chi connectivity index (χ3v) is 5.66. The lowest BCUT2D eigenvalue weighted by atomic mass is 10.1. The fourth-order valence-electron chi connectivity index (χ4n) is 3.96. The average Bonchev–Trinajstić information content (AvgIpc) is 3.32. The SMILES string of the molecule is CC(C)(C)OC(=O)N1C[C@@H](NCc2ccc(Cl)cc2)C[C@H]1C(=O)N1CCC[C@H]1C#N. The number of nitrogens with one attached hydrogen (secondary N) is 1. The van der Waals surface area contributed by atoms with Crippen molar-refractivity contribution in [2.45, 2.75) is 70.3 Å². The molecule has 1 N–H and O–H groups in total. The summed E-state index contributed by atoms with van der Waals surface area (Å²) in [5.41, 5.74) is 0.421. The van der Waals surface area contributed by atoms with Gasteiger partial charge in [0.1, 0.15) is 17.7 Å². The molecule has 2 fully saturated rings. The summed E-state index contributed by atoms with van der Waals surface area (Å²) in [5, 5.41) is 13.5. The molecule has 8 heteroatoms. The lowest BCUT2D eigenvalue weighted by molar-refractivity contribution is -0.135. The van der Waals surface area contributed by atoms with Crippen LogP contribution in [-0.4, -0.2) is 58.6 Å². The van der Waals surface area contributed by atoms with Crippen molar-refractivity contribution < 1.29 is 14.3 Å². The number of ether oxygens (including phenoxy) is 1. The molecule has 3 rings (SSSR count). The van der Waals surface area contributed by atoms with Gasteiger partial charge in [-0.1, -0.05) is 23.7 Å². The molecule has 2 aliphatic heterocycles. The van der Waals surface area contributed by atoms with E-state index >= 15 is 0 Å². The fourth-order valence-corrected chi connectivity index (χ4v) is 4.09. The number of carbonyl (C=O) groups is 2. The molecule has 0 saturated carbocycles. The minimum absolute atomic E-state index is 0.0507. The summed E-state index contributed by atoms with van der Waals surface area (Å²) < 4.78 is 5.55. The van der Waals surface area contributed by atoms with Crippen LogP contribution in [0.25, 0.3) is 0 Å². The maximum absolute atomic E-state index is 13.2. The number of nitriles is 1. The number of hydrogen-bond donors (Lipinski definition) is 1. The van der Waals surface area contributed by atoms with Gasteiger partial charge in [0.25, 0.3) is 0 Å². The topological polar surface area (TPSA) is 85.7 Å². The van der Waals surface area contributed by atoms with E-state index in [0.717, 1.165) is 12.0 Å². The van der Waals surface area contributed by atoms with Crippen molar-refractivity contribution in [3.8, 4) is 6.07 Å². The molecule has 162 valence electrons. The van der Waals surface area contributed by atoms with Gasteiger partial charge in [0.15, 0.2) is 0 Å². The van der Waals surface area contributed by atoms with Gasteiger partial charge < -0.3 is 15.0 Å². The first kappa shape index (κ1) is 22.4. The number of carbonyl (C=O) groups excluding carboxylic acids is 2. The summed E-state index contributed by atoms with van der Waals surface area (Å²) in [5.74, 6) is -0.166. The standard InChI is InChI=1S/C22H29ClN4O3/c1-22(2,3)30-21(29)27-14-17(25-13-15-6-8-16(23)9-7-15)11-19(27)20(28)26-10-4-5-18(26)12-24/h6-9,17-19,25H,4-5,10-11,13-14H2,1-3H3/t17-,18-,19-/m0/s1. The normalized spacial score (nSPS) is 24.0. The lowest BCUT2D eigenvalue weighted by Gasteiger charge is -2.30. The second-order valence-corrected chi connectivity index (χ2v) is 9.34. The number of likely N-dealkylation sites (tertiary alicyclic amines) is 2. The molecular weight excluding hydrogens is 404 g/mol.